The summed E-state index contributed by atoms with van der Waals surface area (Å²) in [6.45, 7) is 0. The van der Waals surface area contributed by atoms with Crippen LogP contribution in [-0.2, 0) is 16.0 Å². The second-order valence-electron chi connectivity index (χ2n) is 9.57. The molecule has 4 aromatic rings. The summed E-state index contributed by atoms with van der Waals surface area (Å²) in [5.74, 6) is 0.158. The van der Waals surface area contributed by atoms with E-state index in [1.54, 1.807) is 48.9 Å². The van der Waals surface area contributed by atoms with Crippen molar-refractivity contribution >= 4 is 22.9 Å². The summed E-state index contributed by atoms with van der Waals surface area (Å²) in [5, 5.41) is 12.3. The third-order valence-electron chi connectivity index (χ3n) is 7.12. The Morgan fingerprint density at radius 1 is 1.14 bits per heavy atom. The number of hydrogen-bond donors (Lipinski definition) is 2. The fourth-order valence-electron chi connectivity index (χ4n) is 5.15. The molecule has 1 aliphatic rings. The minimum absolute atomic E-state index is 0.179. The summed E-state index contributed by atoms with van der Waals surface area (Å²) < 4.78 is 12.6. The van der Waals surface area contributed by atoms with Gasteiger partial charge in [0.1, 0.15) is 23.9 Å². The molecular weight excluding hydrogens is 470 g/mol. The minimum atomic E-state index is -0.803. The number of carbonyl (C=O) groups is 2. The van der Waals surface area contributed by atoms with Crippen molar-refractivity contribution in [3.8, 4) is 17.1 Å². The summed E-state index contributed by atoms with van der Waals surface area (Å²) in [5.41, 5.74) is 4.00. The number of aromatic nitrogens is 2. The van der Waals surface area contributed by atoms with Crippen LogP contribution in [0.25, 0.3) is 22.4 Å². The molecule has 2 N–H and O–H groups in total. The Hall–Kier alpha value is -4.07. The number of imidazole rings is 1. The van der Waals surface area contributed by atoms with Crippen LogP contribution in [0, 0.1) is 0 Å². The number of aromatic hydroxyl groups is 1. The van der Waals surface area contributed by atoms with Crippen LogP contribution in [0.3, 0.4) is 0 Å². The largest absolute Gasteiger partial charge is 0.508 e. The monoisotopic (exact) mass is 501 g/mol. The average molecular weight is 502 g/mol. The number of aryl methyl sites for hydroxylation is 1. The molecule has 0 saturated heterocycles. The van der Waals surface area contributed by atoms with E-state index < -0.39 is 12.0 Å². The van der Waals surface area contributed by atoms with Gasteiger partial charge in [-0.2, -0.15) is 0 Å². The summed E-state index contributed by atoms with van der Waals surface area (Å²) in [7, 11) is 1.31. The molecule has 0 spiro atoms. The Morgan fingerprint density at radius 2 is 1.92 bits per heavy atom. The zero-order chi connectivity index (χ0) is 25.8. The van der Waals surface area contributed by atoms with Crippen LogP contribution >= 0.6 is 0 Å². The number of nitrogens with one attached hydrogen (secondary N) is 1. The van der Waals surface area contributed by atoms with E-state index in [9.17, 15) is 14.7 Å². The first kappa shape index (κ1) is 24.6. The zero-order valence-corrected chi connectivity index (χ0v) is 20.9. The molecular formula is C29H31N3O5. The highest BCUT2D eigenvalue weighted by Gasteiger charge is 2.25. The highest BCUT2D eigenvalue weighted by molar-refractivity contribution is 5.99. The van der Waals surface area contributed by atoms with E-state index in [1.165, 1.54) is 26.4 Å². The van der Waals surface area contributed by atoms with Gasteiger partial charge in [-0.15, -0.1) is 0 Å². The maximum Gasteiger partial charge on any atom is 0.328 e. The Morgan fingerprint density at radius 3 is 2.62 bits per heavy atom. The number of amides is 1. The van der Waals surface area contributed by atoms with Gasteiger partial charge < -0.3 is 24.1 Å². The van der Waals surface area contributed by atoms with Crippen LogP contribution in [0.15, 0.2) is 65.5 Å². The lowest BCUT2D eigenvalue weighted by Crippen LogP contribution is -2.41. The lowest BCUT2D eigenvalue weighted by Gasteiger charge is -2.25. The number of hydrogen-bond acceptors (Lipinski definition) is 6. The molecule has 8 heteroatoms. The van der Waals surface area contributed by atoms with E-state index in [4.69, 9.17) is 14.1 Å². The molecule has 1 aliphatic carbocycles. The van der Waals surface area contributed by atoms with Gasteiger partial charge in [-0.25, -0.2) is 9.78 Å². The van der Waals surface area contributed by atoms with E-state index in [-0.39, 0.29) is 11.7 Å². The number of methoxy groups -OCH3 is 1. The predicted molar refractivity (Wildman–Crippen MR) is 139 cm³/mol. The molecule has 2 aromatic heterocycles. The van der Waals surface area contributed by atoms with Crippen LogP contribution in [-0.4, -0.2) is 39.7 Å². The molecule has 1 saturated carbocycles. The maximum atomic E-state index is 13.2. The van der Waals surface area contributed by atoms with Crippen molar-refractivity contribution in [2.75, 3.05) is 7.11 Å². The van der Waals surface area contributed by atoms with E-state index in [0.29, 0.717) is 24.4 Å². The summed E-state index contributed by atoms with van der Waals surface area (Å²) >= 11 is 0. The number of phenolic OH excluding ortho intramolecular Hbond substituents is 1. The van der Waals surface area contributed by atoms with Crippen molar-refractivity contribution in [3.05, 3.63) is 72.2 Å². The van der Waals surface area contributed by atoms with Crippen LogP contribution in [0.1, 0.15) is 60.5 Å². The van der Waals surface area contributed by atoms with Crippen molar-refractivity contribution < 1.29 is 23.8 Å². The SMILES string of the molecule is COC(=O)[C@H](CCc1ccc(O)cc1)NC(=O)c1ccc2c(c1)nc(-c1ccoc1)n2C1CCCCC1. The molecule has 1 amide bonds. The number of nitrogens with zero attached hydrogens (tertiary/aromatic N) is 2. The normalized spacial score (nSPS) is 14.9. The molecule has 5 rings (SSSR count). The van der Waals surface area contributed by atoms with Crippen LogP contribution in [0.5, 0.6) is 5.75 Å². The second kappa shape index (κ2) is 10.9. The third-order valence-corrected chi connectivity index (χ3v) is 7.12. The number of carbonyl (C=O) groups excluding carboxylic acids is 2. The number of fused-ring (bicyclic) bond motifs is 1. The molecule has 1 fully saturated rings. The van der Waals surface area contributed by atoms with Crippen LogP contribution < -0.4 is 5.32 Å². The fraction of sp³-hybridized carbons (Fsp3) is 0.345. The lowest BCUT2D eigenvalue weighted by atomic mass is 9.95. The van der Waals surface area contributed by atoms with Crippen molar-refractivity contribution in [3.63, 3.8) is 0 Å². The number of benzene rings is 2. The Bertz CT molecular complexity index is 1370. The molecule has 2 aromatic carbocycles. The van der Waals surface area contributed by atoms with Gasteiger partial charge in [0.25, 0.3) is 5.91 Å². The first-order valence-corrected chi connectivity index (χ1v) is 12.7. The molecule has 2 heterocycles. The number of furan rings is 1. The Labute approximate surface area is 215 Å². The van der Waals surface area contributed by atoms with E-state index in [1.807, 2.05) is 12.1 Å². The molecule has 0 aliphatic heterocycles. The molecule has 192 valence electrons. The topological polar surface area (TPSA) is 107 Å². The van der Waals surface area contributed by atoms with Gasteiger partial charge >= 0.3 is 5.97 Å². The highest BCUT2D eigenvalue weighted by Crippen LogP contribution is 2.36. The minimum Gasteiger partial charge on any atom is -0.508 e. The van der Waals surface area contributed by atoms with Crippen LogP contribution in [0.2, 0.25) is 0 Å². The van der Waals surface area contributed by atoms with Gasteiger partial charge in [0.2, 0.25) is 0 Å². The third kappa shape index (κ3) is 5.38. The van der Waals surface area contributed by atoms with E-state index in [2.05, 4.69) is 9.88 Å². The summed E-state index contributed by atoms with van der Waals surface area (Å²) in [4.78, 5) is 30.5. The summed E-state index contributed by atoms with van der Waals surface area (Å²) in [6, 6.07) is 13.7. The van der Waals surface area contributed by atoms with E-state index >= 15 is 0 Å². The van der Waals surface area contributed by atoms with Gasteiger partial charge in [-0.05, 0) is 67.6 Å². The molecule has 37 heavy (non-hydrogen) atoms. The fourth-order valence-corrected chi connectivity index (χ4v) is 5.15. The quantitative estimate of drug-likeness (QED) is 0.313. The summed E-state index contributed by atoms with van der Waals surface area (Å²) in [6.07, 6.45) is 10.1. The van der Waals surface area contributed by atoms with Crippen LogP contribution in [0.4, 0.5) is 0 Å². The standard InChI is InChI=1S/C29H31N3O5/c1-36-29(35)24(13-9-19-7-11-23(33)12-8-19)31-28(34)20-10-14-26-25(17-20)30-27(21-15-16-37-18-21)32(26)22-5-3-2-4-6-22/h7-8,10-12,14-18,22,24,33H,2-6,9,13H2,1H3,(H,31,34)/t24-/m0/s1. The number of rotatable bonds is 8. The Kier molecular flexibility index (Phi) is 7.25. The van der Waals surface area contributed by atoms with Crippen molar-refractivity contribution in [1.82, 2.24) is 14.9 Å². The van der Waals surface area contributed by atoms with Crippen molar-refractivity contribution in [1.29, 1.82) is 0 Å². The Balaban J connectivity index is 1.39. The average Bonchev–Trinajstić information content (AvgIpc) is 3.59. The van der Waals surface area contributed by atoms with Gasteiger partial charge in [0, 0.05) is 11.6 Å². The van der Waals surface area contributed by atoms with Gasteiger partial charge in [0.05, 0.1) is 30.0 Å². The van der Waals surface area contributed by atoms with Gasteiger partial charge in [0.15, 0.2) is 0 Å². The lowest BCUT2D eigenvalue weighted by molar-refractivity contribution is -0.143. The number of phenols is 1. The van der Waals surface area contributed by atoms with Crippen molar-refractivity contribution in [2.45, 2.75) is 57.0 Å². The van der Waals surface area contributed by atoms with Gasteiger partial charge in [-0.1, -0.05) is 31.4 Å². The second-order valence-corrected chi connectivity index (χ2v) is 9.57. The van der Waals surface area contributed by atoms with Gasteiger partial charge in [-0.3, -0.25) is 4.79 Å². The zero-order valence-electron chi connectivity index (χ0n) is 20.9. The van der Waals surface area contributed by atoms with Crippen molar-refractivity contribution in [2.24, 2.45) is 0 Å². The first-order chi connectivity index (χ1) is 18.0. The molecule has 0 unspecified atom stereocenters. The number of esters is 1. The number of ether oxygens (including phenoxy) is 1. The molecule has 0 radical (unpaired) electrons. The molecule has 8 nitrogen and oxygen atoms in total. The van der Waals surface area contributed by atoms with E-state index in [0.717, 1.165) is 40.8 Å². The maximum absolute atomic E-state index is 13.2. The highest BCUT2D eigenvalue weighted by atomic mass is 16.5. The first-order valence-electron chi connectivity index (χ1n) is 12.7. The smallest absolute Gasteiger partial charge is 0.328 e. The molecule has 0 bridgehead atoms. The molecule has 1 atom stereocenters. The predicted octanol–water partition coefficient (Wildman–Crippen LogP) is 5.41.